The summed E-state index contributed by atoms with van der Waals surface area (Å²) in [5.41, 5.74) is 2.00. The van der Waals surface area contributed by atoms with Gasteiger partial charge in [-0.1, -0.05) is 6.07 Å². The minimum atomic E-state index is 0.826. The lowest BCUT2D eigenvalue weighted by atomic mass is 10.2. The number of rotatable bonds is 4. The quantitative estimate of drug-likeness (QED) is 0.768. The Labute approximate surface area is 106 Å². The van der Waals surface area contributed by atoms with E-state index in [1.165, 1.54) is 4.90 Å². The van der Waals surface area contributed by atoms with Crippen LogP contribution < -0.4 is 4.74 Å². The van der Waals surface area contributed by atoms with Crippen molar-refractivity contribution in [3.63, 3.8) is 0 Å². The second-order valence-electron chi connectivity index (χ2n) is 3.58. The fourth-order valence-corrected chi connectivity index (χ4v) is 2.36. The number of hydrogen-bond donors (Lipinski definition) is 0. The number of hydrogen-bond acceptors (Lipinski definition) is 3. The first-order chi connectivity index (χ1) is 8.29. The molecule has 0 saturated carbocycles. The van der Waals surface area contributed by atoms with Gasteiger partial charge in [0, 0.05) is 16.8 Å². The molecule has 2 aromatic rings. The molecule has 0 atom stereocenters. The molecular formula is C14H14NOS. The molecule has 2 rings (SSSR count). The Bertz CT molecular complexity index is 485. The van der Waals surface area contributed by atoms with Gasteiger partial charge in [-0.15, -0.1) is 11.8 Å². The highest BCUT2D eigenvalue weighted by atomic mass is 32.2. The van der Waals surface area contributed by atoms with Crippen LogP contribution >= 0.6 is 11.8 Å². The van der Waals surface area contributed by atoms with Crippen molar-refractivity contribution in [1.82, 2.24) is 4.98 Å². The van der Waals surface area contributed by atoms with Crippen molar-refractivity contribution in [2.75, 3.05) is 7.11 Å². The molecule has 0 spiro atoms. The van der Waals surface area contributed by atoms with E-state index in [1.54, 1.807) is 18.9 Å². The predicted octanol–water partition coefficient (Wildman–Crippen LogP) is 3.56. The van der Waals surface area contributed by atoms with Crippen LogP contribution in [0.15, 0.2) is 47.5 Å². The summed E-state index contributed by atoms with van der Waals surface area (Å²) in [6.07, 6.45) is 1.82. The molecule has 3 heteroatoms. The van der Waals surface area contributed by atoms with E-state index in [0.29, 0.717) is 0 Å². The van der Waals surface area contributed by atoms with Crippen molar-refractivity contribution in [2.24, 2.45) is 0 Å². The highest BCUT2D eigenvalue weighted by Crippen LogP contribution is 2.27. The molecule has 0 aliphatic rings. The average molecular weight is 244 g/mol. The van der Waals surface area contributed by atoms with Crippen LogP contribution in [0.25, 0.3) is 0 Å². The van der Waals surface area contributed by atoms with Crippen LogP contribution in [0, 0.1) is 6.92 Å². The number of ether oxygens (including phenoxy) is 1. The van der Waals surface area contributed by atoms with Crippen LogP contribution in [0.4, 0.5) is 0 Å². The van der Waals surface area contributed by atoms with Crippen molar-refractivity contribution in [3.05, 3.63) is 60.8 Å². The predicted molar refractivity (Wildman–Crippen MR) is 71.3 cm³/mol. The lowest BCUT2D eigenvalue weighted by Crippen LogP contribution is -1.88. The first-order valence-corrected chi connectivity index (χ1v) is 6.31. The first-order valence-electron chi connectivity index (χ1n) is 5.32. The molecule has 0 fully saturated rings. The van der Waals surface area contributed by atoms with Crippen LogP contribution in [0.1, 0.15) is 11.3 Å². The fourth-order valence-electron chi connectivity index (χ4n) is 1.49. The molecule has 1 aromatic carbocycles. The fraction of sp³-hybridized carbons (Fsp3) is 0.143. The van der Waals surface area contributed by atoms with Gasteiger partial charge in [0.2, 0.25) is 0 Å². The van der Waals surface area contributed by atoms with E-state index in [9.17, 15) is 0 Å². The van der Waals surface area contributed by atoms with Gasteiger partial charge in [-0.3, -0.25) is 4.98 Å². The maximum absolute atomic E-state index is 5.18. The van der Waals surface area contributed by atoms with E-state index in [0.717, 1.165) is 22.8 Å². The Morgan fingerprint density at radius 1 is 1.29 bits per heavy atom. The number of nitrogens with zero attached hydrogens (tertiary/aromatic N) is 1. The Morgan fingerprint density at radius 3 is 2.82 bits per heavy atom. The van der Waals surface area contributed by atoms with Crippen molar-refractivity contribution in [1.29, 1.82) is 0 Å². The minimum absolute atomic E-state index is 0.826. The molecule has 0 amide bonds. The lowest BCUT2D eigenvalue weighted by Gasteiger charge is -2.06. The van der Waals surface area contributed by atoms with Crippen molar-refractivity contribution in [2.45, 2.75) is 10.6 Å². The van der Waals surface area contributed by atoms with Gasteiger partial charge in [-0.25, -0.2) is 0 Å². The van der Waals surface area contributed by atoms with Crippen LogP contribution in [-0.2, 0) is 5.75 Å². The molecule has 0 N–H and O–H groups in total. The monoisotopic (exact) mass is 244 g/mol. The van der Waals surface area contributed by atoms with E-state index in [-0.39, 0.29) is 0 Å². The highest BCUT2D eigenvalue weighted by Gasteiger charge is 2.01. The number of pyridine rings is 1. The van der Waals surface area contributed by atoms with Gasteiger partial charge in [0.1, 0.15) is 5.75 Å². The summed E-state index contributed by atoms with van der Waals surface area (Å²) < 4.78 is 5.18. The maximum Gasteiger partial charge on any atom is 0.122 e. The van der Waals surface area contributed by atoms with Crippen LogP contribution in [0.5, 0.6) is 5.75 Å². The number of methoxy groups -OCH3 is 1. The molecule has 17 heavy (non-hydrogen) atoms. The summed E-state index contributed by atoms with van der Waals surface area (Å²) in [5.74, 6) is 1.69. The first kappa shape index (κ1) is 12.0. The zero-order valence-electron chi connectivity index (χ0n) is 9.72. The molecule has 1 aromatic heterocycles. The van der Waals surface area contributed by atoms with Gasteiger partial charge in [0.15, 0.2) is 0 Å². The van der Waals surface area contributed by atoms with E-state index >= 15 is 0 Å². The summed E-state index contributed by atoms with van der Waals surface area (Å²) in [5, 5.41) is 0. The molecule has 0 unspecified atom stereocenters. The van der Waals surface area contributed by atoms with Crippen LogP contribution in [-0.4, -0.2) is 12.1 Å². The average Bonchev–Trinajstić information content (AvgIpc) is 2.38. The van der Waals surface area contributed by atoms with E-state index < -0.39 is 0 Å². The summed E-state index contributed by atoms with van der Waals surface area (Å²) in [6, 6.07) is 12.0. The molecule has 1 heterocycles. The summed E-state index contributed by atoms with van der Waals surface area (Å²) in [7, 11) is 1.66. The summed E-state index contributed by atoms with van der Waals surface area (Å²) in [4.78, 5) is 5.47. The van der Waals surface area contributed by atoms with Crippen molar-refractivity contribution >= 4 is 11.8 Å². The molecule has 0 aliphatic carbocycles. The third-order valence-electron chi connectivity index (χ3n) is 2.36. The van der Waals surface area contributed by atoms with Crippen molar-refractivity contribution in [3.8, 4) is 5.75 Å². The highest BCUT2D eigenvalue weighted by molar-refractivity contribution is 7.98. The van der Waals surface area contributed by atoms with Gasteiger partial charge in [-0.05, 0) is 42.8 Å². The zero-order valence-corrected chi connectivity index (χ0v) is 10.5. The van der Waals surface area contributed by atoms with Gasteiger partial charge >= 0.3 is 0 Å². The molecule has 87 valence electrons. The Kier molecular flexibility index (Phi) is 4.04. The standard InChI is InChI=1S/C14H14NOS/c1-11-9-13(6-7-14(11)16-2)17-10-12-5-3-4-8-15-12/h3-9H,1,10H2,2H3. The van der Waals surface area contributed by atoms with E-state index in [1.807, 2.05) is 42.6 Å². The topological polar surface area (TPSA) is 22.1 Å². The van der Waals surface area contributed by atoms with E-state index in [2.05, 4.69) is 11.9 Å². The Morgan fingerprint density at radius 2 is 2.18 bits per heavy atom. The smallest absolute Gasteiger partial charge is 0.122 e. The zero-order chi connectivity index (χ0) is 12.1. The third-order valence-corrected chi connectivity index (χ3v) is 3.39. The second kappa shape index (κ2) is 5.73. The molecule has 0 saturated heterocycles. The Hall–Kier alpha value is -1.48. The SMILES string of the molecule is [CH2]c1cc(SCc2ccccn2)ccc1OC. The van der Waals surface area contributed by atoms with E-state index in [4.69, 9.17) is 4.74 Å². The normalized spacial score (nSPS) is 10.2. The Balaban J connectivity index is 2.02. The number of aromatic nitrogens is 1. The van der Waals surface area contributed by atoms with Crippen molar-refractivity contribution < 1.29 is 4.74 Å². The third kappa shape index (κ3) is 3.24. The van der Waals surface area contributed by atoms with Gasteiger partial charge in [-0.2, -0.15) is 0 Å². The number of benzene rings is 1. The minimum Gasteiger partial charge on any atom is -0.496 e. The molecule has 1 radical (unpaired) electrons. The van der Waals surface area contributed by atoms with Gasteiger partial charge in [0.05, 0.1) is 12.8 Å². The van der Waals surface area contributed by atoms with Crippen LogP contribution in [0.3, 0.4) is 0 Å². The molecular weight excluding hydrogens is 230 g/mol. The van der Waals surface area contributed by atoms with Gasteiger partial charge in [0.25, 0.3) is 0 Å². The lowest BCUT2D eigenvalue weighted by molar-refractivity contribution is 0.412. The summed E-state index contributed by atoms with van der Waals surface area (Å²) >= 11 is 1.75. The largest absolute Gasteiger partial charge is 0.496 e. The van der Waals surface area contributed by atoms with Gasteiger partial charge < -0.3 is 4.74 Å². The molecule has 2 nitrogen and oxygen atoms in total. The molecule has 0 bridgehead atoms. The summed E-state index contributed by atoms with van der Waals surface area (Å²) in [6.45, 7) is 3.95. The number of thioether (sulfide) groups is 1. The van der Waals surface area contributed by atoms with Crippen LogP contribution in [0.2, 0.25) is 0 Å². The second-order valence-corrected chi connectivity index (χ2v) is 4.63. The molecule has 0 aliphatic heterocycles. The maximum atomic E-state index is 5.18.